The van der Waals surface area contributed by atoms with Crippen LogP contribution in [-0.4, -0.2) is 54.4 Å². The topological polar surface area (TPSA) is 102 Å². The Morgan fingerprint density at radius 3 is 2.03 bits per heavy atom. The largest absolute Gasteiger partial charge is 0.391 e. The Morgan fingerprint density at radius 2 is 1.60 bits per heavy atom. The first-order valence-electron chi connectivity index (χ1n) is 9.78. The maximum atomic E-state index is 10.1. The van der Waals surface area contributed by atoms with Gasteiger partial charge in [-0.2, -0.15) is 0 Å². The molecule has 1 heterocycles. The summed E-state index contributed by atoms with van der Waals surface area (Å²) in [6.07, 6.45) is -0.854. The van der Waals surface area contributed by atoms with Crippen LogP contribution in [0.15, 0.2) is 53.4 Å². The van der Waals surface area contributed by atoms with Gasteiger partial charge in [-0.3, -0.25) is 9.69 Å². The second kappa shape index (κ2) is 12.4. The summed E-state index contributed by atoms with van der Waals surface area (Å²) >= 11 is 4.28. The van der Waals surface area contributed by atoms with Crippen LogP contribution in [0.5, 0.6) is 0 Å². The highest BCUT2D eigenvalue weighted by molar-refractivity contribution is 7.80. The van der Waals surface area contributed by atoms with Crippen LogP contribution in [0.3, 0.4) is 0 Å². The van der Waals surface area contributed by atoms with Crippen LogP contribution < -0.4 is 11.5 Å². The molecule has 1 fully saturated rings. The highest BCUT2D eigenvalue weighted by Crippen LogP contribution is 2.10. The summed E-state index contributed by atoms with van der Waals surface area (Å²) < 4.78 is 5.37. The van der Waals surface area contributed by atoms with Crippen molar-refractivity contribution in [3.05, 3.63) is 65.2 Å². The number of thiol groups is 1. The molecule has 1 aliphatic rings. The Labute approximate surface area is 183 Å². The molecule has 5 N–H and O–H groups in total. The number of carbonyl (C=O) groups excluding carboxylic acids is 1. The summed E-state index contributed by atoms with van der Waals surface area (Å²) in [5, 5.41) is 8.57. The number of aliphatic hydroxyl groups excluding tert-OH is 1. The molecular formula is C23H29N3O3S. The van der Waals surface area contributed by atoms with E-state index in [1.807, 2.05) is 24.3 Å². The standard InChI is InChI=1S/C19H19NOS.C4H10N2O2/c22-19-9-7-17(8-10-19)2-1-16-3-5-18(6-4-16)15-20-11-13-21-14-12-20;1-2(7)3(5)4(6)8/h3-10,22H,11-15H2;2-3,7H,5H2,1H3,(H2,6,8). The van der Waals surface area contributed by atoms with Crippen LogP contribution in [0, 0.1) is 11.8 Å². The number of benzene rings is 2. The Hall–Kier alpha value is -2.34. The first-order valence-corrected chi connectivity index (χ1v) is 10.2. The third-order valence-corrected chi connectivity index (χ3v) is 4.83. The van der Waals surface area contributed by atoms with Crippen molar-refractivity contribution in [3.8, 4) is 11.8 Å². The van der Waals surface area contributed by atoms with E-state index in [1.54, 1.807) is 0 Å². The number of primary amides is 1. The maximum absolute atomic E-state index is 10.1. The number of nitrogens with two attached hydrogens (primary N) is 2. The Morgan fingerprint density at radius 1 is 1.10 bits per heavy atom. The number of aliphatic hydroxyl groups is 1. The number of carbonyl (C=O) groups is 1. The van der Waals surface area contributed by atoms with Gasteiger partial charge in [0.15, 0.2) is 0 Å². The molecule has 0 aliphatic carbocycles. The Kier molecular flexibility index (Phi) is 9.87. The third-order valence-electron chi connectivity index (χ3n) is 4.53. The predicted molar refractivity (Wildman–Crippen MR) is 121 cm³/mol. The van der Waals surface area contributed by atoms with Crippen LogP contribution in [0.2, 0.25) is 0 Å². The van der Waals surface area contributed by atoms with Crippen molar-refractivity contribution in [2.75, 3.05) is 26.3 Å². The van der Waals surface area contributed by atoms with Crippen molar-refractivity contribution in [3.63, 3.8) is 0 Å². The van der Waals surface area contributed by atoms with E-state index in [1.165, 1.54) is 12.5 Å². The van der Waals surface area contributed by atoms with Crippen molar-refractivity contribution in [1.82, 2.24) is 4.90 Å². The summed E-state index contributed by atoms with van der Waals surface area (Å²) in [4.78, 5) is 13.5. The molecule has 160 valence electrons. The van der Waals surface area contributed by atoms with Crippen LogP contribution in [0.25, 0.3) is 0 Å². The zero-order chi connectivity index (χ0) is 21.9. The summed E-state index contributed by atoms with van der Waals surface area (Å²) in [5.41, 5.74) is 13.1. The lowest BCUT2D eigenvalue weighted by Crippen LogP contribution is -2.44. The summed E-state index contributed by atoms with van der Waals surface area (Å²) in [7, 11) is 0. The van der Waals surface area contributed by atoms with Gasteiger partial charge in [0.2, 0.25) is 5.91 Å². The quantitative estimate of drug-likeness (QED) is 0.436. The van der Waals surface area contributed by atoms with Gasteiger partial charge < -0.3 is 21.3 Å². The first kappa shape index (κ1) is 23.9. The molecule has 1 amide bonds. The van der Waals surface area contributed by atoms with Crippen molar-refractivity contribution < 1.29 is 14.6 Å². The minimum atomic E-state index is -0.935. The van der Waals surface area contributed by atoms with Gasteiger partial charge in [-0.25, -0.2) is 0 Å². The molecule has 0 radical (unpaired) electrons. The van der Waals surface area contributed by atoms with E-state index in [-0.39, 0.29) is 0 Å². The highest BCUT2D eigenvalue weighted by Gasteiger charge is 2.14. The monoisotopic (exact) mass is 427 g/mol. The number of rotatable bonds is 4. The number of morpholine rings is 1. The Bertz CT molecular complexity index is 852. The molecule has 1 saturated heterocycles. The van der Waals surface area contributed by atoms with Gasteiger partial charge in [0, 0.05) is 35.7 Å². The Balaban J connectivity index is 0.000000343. The number of ether oxygens (including phenoxy) is 1. The van der Waals surface area contributed by atoms with Crippen LogP contribution >= 0.6 is 12.6 Å². The van der Waals surface area contributed by atoms with Gasteiger partial charge in [0.05, 0.1) is 19.3 Å². The molecule has 0 aromatic heterocycles. The number of nitrogens with zero attached hydrogens (tertiary/aromatic N) is 1. The van der Waals surface area contributed by atoms with Gasteiger partial charge in [-0.05, 0) is 48.9 Å². The number of hydrogen-bond acceptors (Lipinski definition) is 6. The van der Waals surface area contributed by atoms with E-state index in [4.69, 9.17) is 21.3 Å². The second-order valence-corrected chi connectivity index (χ2v) is 7.57. The van der Waals surface area contributed by atoms with E-state index in [9.17, 15) is 4.79 Å². The molecule has 2 aromatic carbocycles. The van der Waals surface area contributed by atoms with Gasteiger partial charge in [0.25, 0.3) is 0 Å². The molecule has 2 unspecified atom stereocenters. The molecule has 1 aliphatic heterocycles. The SMILES string of the molecule is CC(O)C(N)C(N)=O.Sc1ccc(C#Cc2ccc(CN3CCOCC3)cc2)cc1. The summed E-state index contributed by atoms with van der Waals surface area (Å²) in [6.45, 7) is 6.12. The fourth-order valence-corrected chi connectivity index (χ4v) is 2.79. The molecule has 0 spiro atoms. The molecule has 7 heteroatoms. The lowest BCUT2D eigenvalue weighted by atomic mass is 10.1. The highest BCUT2D eigenvalue weighted by atomic mass is 32.1. The molecule has 0 saturated carbocycles. The number of hydrogen-bond donors (Lipinski definition) is 4. The van der Waals surface area contributed by atoms with Crippen molar-refractivity contribution >= 4 is 18.5 Å². The van der Waals surface area contributed by atoms with Gasteiger partial charge >= 0.3 is 0 Å². The maximum Gasteiger partial charge on any atom is 0.237 e. The summed E-state index contributed by atoms with van der Waals surface area (Å²) in [5.74, 6) is 5.70. The first-order chi connectivity index (χ1) is 14.3. The number of amides is 1. The molecule has 2 atom stereocenters. The van der Waals surface area contributed by atoms with Crippen LogP contribution in [0.1, 0.15) is 23.6 Å². The molecule has 0 bridgehead atoms. The van der Waals surface area contributed by atoms with Crippen LogP contribution in [-0.2, 0) is 16.1 Å². The minimum Gasteiger partial charge on any atom is -0.391 e. The zero-order valence-corrected chi connectivity index (χ0v) is 18.0. The molecule has 3 rings (SSSR count). The molecule has 30 heavy (non-hydrogen) atoms. The molecular weight excluding hydrogens is 398 g/mol. The molecule has 6 nitrogen and oxygen atoms in total. The minimum absolute atomic E-state index is 0.681. The van der Waals surface area contributed by atoms with E-state index in [0.717, 1.165) is 48.9 Å². The van der Waals surface area contributed by atoms with Crippen molar-refractivity contribution in [2.45, 2.75) is 30.5 Å². The lowest BCUT2D eigenvalue weighted by molar-refractivity contribution is -0.121. The van der Waals surface area contributed by atoms with E-state index in [2.05, 4.69) is 53.6 Å². The van der Waals surface area contributed by atoms with Crippen LogP contribution in [0.4, 0.5) is 0 Å². The van der Waals surface area contributed by atoms with E-state index in [0.29, 0.717) is 0 Å². The lowest BCUT2D eigenvalue weighted by Gasteiger charge is -2.26. The van der Waals surface area contributed by atoms with Gasteiger partial charge in [0.1, 0.15) is 6.04 Å². The van der Waals surface area contributed by atoms with Crippen molar-refractivity contribution in [1.29, 1.82) is 0 Å². The fourth-order valence-electron chi connectivity index (χ4n) is 2.64. The summed E-state index contributed by atoms with van der Waals surface area (Å²) in [6, 6.07) is 15.5. The predicted octanol–water partition coefficient (Wildman–Crippen LogP) is 1.39. The zero-order valence-electron chi connectivity index (χ0n) is 17.1. The van der Waals surface area contributed by atoms with Crippen molar-refractivity contribution in [2.24, 2.45) is 11.5 Å². The smallest absolute Gasteiger partial charge is 0.237 e. The fraction of sp³-hybridized carbons (Fsp3) is 0.348. The average Bonchev–Trinajstić information content (AvgIpc) is 2.75. The van der Waals surface area contributed by atoms with E-state index >= 15 is 0 Å². The van der Waals surface area contributed by atoms with Gasteiger partial charge in [-0.1, -0.05) is 24.0 Å². The third kappa shape index (κ3) is 8.57. The second-order valence-electron chi connectivity index (χ2n) is 7.05. The van der Waals surface area contributed by atoms with E-state index < -0.39 is 18.1 Å². The molecule has 2 aromatic rings. The normalized spacial score (nSPS) is 15.7. The average molecular weight is 428 g/mol. The van der Waals surface area contributed by atoms with Gasteiger partial charge in [-0.15, -0.1) is 12.6 Å².